The van der Waals surface area contributed by atoms with Crippen molar-refractivity contribution in [1.29, 1.82) is 0 Å². The van der Waals surface area contributed by atoms with Gasteiger partial charge in [0.1, 0.15) is 17.8 Å². The summed E-state index contributed by atoms with van der Waals surface area (Å²) in [6.45, 7) is 2.24. The lowest BCUT2D eigenvalue weighted by Crippen LogP contribution is -2.24. The Morgan fingerprint density at radius 2 is 2.29 bits per heavy atom. The number of fused-ring (bicyclic) bond motifs is 4. The number of aromatic amines is 2. The molecule has 4 aromatic rings. The van der Waals surface area contributed by atoms with E-state index in [9.17, 15) is 4.79 Å². The summed E-state index contributed by atoms with van der Waals surface area (Å²) in [5, 5.41) is 12.4. The monoisotopic (exact) mass is 376 g/mol. The lowest BCUT2D eigenvalue weighted by molar-refractivity contribution is -0.148. The zero-order chi connectivity index (χ0) is 19.1. The highest BCUT2D eigenvalue weighted by atomic mass is 16.5. The van der Waals surface area contributed by atoms with Gasteiger partial charge in [-0.05, 0) is 49.9 Å². The highest BCUT2D eigenvalue weighted by Crippen LogP contribution is 2.35. The molecule has 3 aromatic heterocycles. The maximum Gasteiger partial charge on any atom is 0.309 e. The van der Waals surface area contributed by atoms with E-state index in [0.717, 1.165) is 57.5 Å². The van der Waals surface area contributed by atoms with Gasteiger partial charge in [0.15, 0.2) is 0 Å². The topological polar surface area (TPSA) is 109 Å². The molecule has 1 unspecified atom stereocenters. The fourth-order valence-electron chi connectivity index (χ4n) is 3.95. The summed E-state index contributed by atoms with van der Waals surface area (Å²) in [6, 6.07) is 5.98. The Morgan fingerprint density at radius 3 is 3.18 bits per heavy atom. The number of benzene rings is 1. The molecule has 1 atom stereocenters. The second-order valence-electron chi connectivity index (χ2n) is 7.02. The average molecular weight is 376 g/mol. The number of nitrogens with one attached hydrogen (secondary N) is 3. The first-order valence-corrected chi connectivity index (χ1v) is 9.44. The van der Waals surface area contributed by atoms with Crippen molar-refractivity contribution in [3.05, 3.63) is 42.0 Å². The molecule has 0 bridgehead atoms. The van der Waals surface area contributed by atoms with E-state index in [0.29, 0.717) is 13.0 Å². The van der Waals surface area contributed by atoms with Crippen LogP contribution in [0.4, 0.5) is 11.5 Å². The first-order valence-electron chi connectivity index (χ1n) is 9.44. The smallest absolute Gasteiger partial charge is 0.309 e. The molecule has 28 heavy (non-hydrogen) atoms. The number of carbonyl (C=O) groups excluding carboxylic acids is 1. The molecular formula is C20H20N6O2. The van der Waals surface area contributed by atoms with Crippen molar-refractivity contribution >= 4 is 39.4 Å². The number of hydrogen-bond donors (Lipinski definition) is 3. The number of rotatable bonds is 4. The van der Waals surface area contributed by atoms with Crippen LogP contribution in [0.3, 0.4) is 0 Å². The fourth-order valence-corrected chi connectivity index (χ4v) is 3.95. The van der Waals surface area contributed by atoms with Crippen molar-refractivity contribution in [1.82, 2.24) is 25.1 Å². The molecule has 8 heteroatoms. The molecule has 3 heterocycles. The van der Waals surface area contributed by atoms with Gasteiger partial charge in [-0.15, -0.1) is 0 Å². The second kappa shape index (κ2) is 6.63. The van der Waals surface area contributed by atoms with E-state index in [4.69, 9.17) is 4.74 Å². The van der Waals surface area contributed by atoms with Gasteiger partial charge in [0, 0.05) is 16.8 Å². The highest BCUT2D eigenvalue weighted by molar-refractivity contribution is 5.94. The minimum absolute atomic E-state index is 0.123. The number of aromatic nitrogens is 5. The Bertz CT molecular complexity index is 1180. The Morgan fingerprint density at radius 1 is 1.36 bits per heavy atom. The zero-order valence-electron chi connectivity index (χ0n) is 15.5. The van der Waals surface area contributed by atoms with Crippen LogP contribution in [0, 0.1) is 5.92 Å². The van der Waals surface area contributed by atoms with E-state index < -0.39 is 0 Å². The molecule has 142 valence electrons. The summed E-state index contributed by atoms with van der Waals surface area (Å²) >= 11 is 0. The Labute approximate surface area is 160 Å². The second-order valence-corrected chi connectivity index (χ2v) is 7.02. The first kappa shape index (κ1) is 16.7. The summed E-state index contributed by atoms with van der Waals surface area (Å²) in [5.41, 5.74) is 4.92. The number of anilines is 2. The third-order valence-corrected chi connectivity index (χ3v) is 5.30. The summed E-state index contributed by atoms with van der Waals surface area (Å²) in [7, 11) is 0. The van der Waals surface area contributed by atoms with E-state index in [1.165, 1.54) is 0 Å². The largest absolute Gasteiger partial charge is 0.466 e. The molecule has 0 saturated carbocycles. The Balaban J connectivity index is 1.53. The van der Waals surface area contributed by atoms with Crippen LogP contribution in [0.25, 0.3) is 21.9 Å². The van der Waals surface area contributed by atoms with Crippen LogP contribution in [0.15, 0.2) is 30.7 Å². The van der Waals surface area contributed by atoms with E-state index in [2.05, 4.69) is 30.5 Å². The van der Waals surface area contributed by atoms with Gasteiger partial charge in [0.2, 0.25) is 0 Å². The molecule has 3 N–H and O–H groups in total. The third kappa shape index (κ3) is 2.77. The maximum atomic E-state index is 12.3. The third-order valence-electron chi connectivity index (χ3n) is 5.30. The minimum Gasteiger partial charge on any atom is -0.466 e. The van der Waals surface area contributed by atoms with Gasteiger partial charge in [-0.3, -0.25) is 9.89 Å². The number of esters is 1. The SMILES string of the molecule is CCOC(=O)C1CCc2[nH]c3ncnc(Nc4ccc5[nH]ncc5c4)c3c2C1. The van der Waals surface area contributed by atoms with Crippen molar-refractivity contribution in [3.63, 3.8) is 0 Å². The van der Waals surface area contributed by atoms with E-state index >= 15 is 0 Å². The molecule has 0 amide bonds. The van der Waals surface area contributed by atoms with Crippen molar-refractivity contribution in [3.8, 4) is 0 Å². The molecular weight excluding hydrogens is 356 g/mol. The zero-order valence-corrected chi connectivity index (χ0v) is 15.5. The molecule has 0 aliphatic heterocycles. The quantitative estimate of drug-likeness (QED) is 0.472. The summed E-state index contributed by atoms with van der Waals surface area (Å²) < 4.78 is 5.24. The summed E-state index contributed by atoms with van der Waals surface area (Å²) in [6.07, 6.45) is 5.56. The molecule has 8 nitrogen and oxygen atoms in total. The molecule has 1 aliphatic carbocycles. The normalized spacial score (nSPS) is 16.2. The number of H-pyrrole nitrogens is 2. The van der Waals surface area contributed by atoms with Gasteiger partial charge in [0.05, 0.1) is 29.6 Å². The Kier molecular flexibility index (Phi) is 3.96. The Hall–Kier alpha value is -3.42. The summed E-state index contributed by atoms with van der Waals surface area (Å²) in [5.74, 6) is 0.482. The highest BCUT2D eigenvalue weighted by Gasteiger charge is 2.29. The molecule has 0 saturated heterocycles. The molecule has 0 radical (unpaired) electrons. The number of hydrogen-bond acceptors (Lipinski definition) is 6. The number of aryl methyl sites for hydroxylation is 1. The predicted octanol–water partition coefficient (Wildman–Crippen LogP) is 3.25. The predicted molar refractivity (Wildman–Crippen MR) is 105 cm³/mol. The molecule has 0 spiro atoms. The van der Waals surface area contributed by atoms with Crippen LogP contribution < -0.4 is 5.32 Å². The van der Waals surface area contributed by atoms with E-state index in [1.807, 2.05) is 25.1 Å². The summed E-state index contributed by atoms with van der Waals surface area (Å²) in [4.78, 5) is 24.5. The van der Waals surface area contributed by atoms with E-state index in [1.54, 1.807) is 12.5 Å². The van der Waals surface area contributed by atoms with Crippen LogP contribution in [0.2, 0.25) is 0 Å². The lowest BCUT2D eigenvalue weighted by Gasteiger charge is -2.21. The minimum atomic E-state index is -0.126. The maximum absolute atomic E-state index is 12.3. The molecule has 0 fully saturated rings. The van der Waals surface area contributed by atoms with Gasteiger partial charge in [-0.25, -0.2) is 9.97 Å². The van der Waals surface area contributed by atoms with Crippen LogP contribution in [0.1, 0.15) is 24.6 Å². The van der Waals surface area contributed by atoms with Crippen molar-refractivity contribution in [2.45, 2.75) is 26.2 Å². The van der Waals surface area contributed by atoms with Crippen molar-refractivity contribution in [2.75, 3.05) is 11.9 Å². The molecule has 5 rings (SSSR count). The van der Waals surface area contributed by atoms with Crippen LogP contribution in [0.5, 0.6) is 0 Å². The van der Waals surface area contributed by atoms with Gasteiger partial charge in [-0.1, -0.05) is 0 Å². The molecule has 1 aliphatic rings. The van der Waals surface area contributed by atoms with Crippen LogP contribution in [-0.4, -0.2) is 37.7 Å². The fraction of sp³-hybridized carbons (Fsp3) is 0.300. The standard InChI is InChI=1S/C20H20N6O2/c1-2-28-20(27)11-3-5-16-14(8-11)17-18(21-10-22-19(17)25-16)24-13-4-6-15-12(7-13)9-23-26-15/h4,6-7,9-11H,2-3,5,8H2,1H3,(H,23,26)(H2,21,22,24,25). The number of nitrogens with zero attached hydrogens (tertiary/aromatic N) is 3. The van der Waals surface area contributed by atoms with Crippen LogP contribution in [-0.2, 0) is 22.4 Å². The first-order chi connectivity index (χ1) is 13.7. The van der Waals surface area contributed by atoms with Gasteiger partial charge < -0.3 is 15.0 Å². The van der Waals surface area contributed by atoms with Crippen LogP contribution >= 0.6 is 0 Å². The molecule has 1 aromatic carbocycles. The van der Waals surface area contributed by atoms with Crippen molar-refractivity contribution in [2.24, 2.45) is 5.92 Å². The van der Waals surface area contributed by atoms with Gasteiger partial charge in [0.25, 0.3) is 0 Å². The van der Waals surface area contributed by atoms with Gasteiger partial charge >= 0.3 is 5.97 Å². The van der Waals surface area contributed by atoms with E-state index in [-0.39, 0.29) is 11.9 Å². The number of ether oxygens (including phenoxy) is 1. The lowest BCUT2D eigenvalue weighted by atomic mass is 9.86. The number of carbonyl (C=O) groups is 1. The average Bonchev–Trinajstić information content (AvgIpc) is 3.31. The van der Waals surface area contributed by atoms with Gasteiger partial charge in [-0.2, -0.15) is 5.10 Å². The van der Waals surface area contributed by atoms with Crippen molar-refractivity contribution < 1.29 is 9.53 Å².